The molecule has 0 aromatic heterocycles. The second kappa shape index (κ2) is 5.98. The molecule has 1 heterocycles. The molecule has 1 rings (SSSR count). The first-order valence-electron chi connectivity index (χ1n) is 4.57. The Hall–Kier alpha value is -0.620. The van der Waals surface area contributed by atoms with Crippen LogP contribution in [0, 0.1) is 5.92 Å². The van der Waals surface area contributed by atoms with Crippen LogP contribution in [0.4, 0.5) is 0 Å². The van der Waals surface area contributed by atoms with Gasteiger partial charge in [0.1, 0.15) is 25.1 Å². The molecule has 3 N–H and O–H groups in total. The molecular formula is C9H16O5. The highest BCUT2D eigenvalue weighted by Gasteiger charge is 2.23. The summed E-state index contributed by atoms with van der Waals surface area (Å²) < 4.78 is 10.1. The standard InChI is InChI=1S/C9H16O5/c10-2-7(3-11)1-8(4-12)13-5-9-6-14-9/h1,7,9-12H,2-6H2. The van der Waals surface area contributed by atoms with Crippen molar-refractivity contribution in [1.29, 1.82) is 0 Å². The van der Waals surface area contributed by atoms with Gasteiger partial charge in [-0.25, -0.2) is 0 Å². The Kier molecular flexibility index (Phi) is 4.89. The van der Waals surface area contributed by atoms with E-state index < -0.39 is 0 Å². The van der Waals surface area contributed by atoms with Crippen molar-refractivity contribution in [3.8, 4) is 0 Å². The molecule has 0 bridgehead atoms. The maximum absolute atomic E-state index is 8.90. The van der Waals surface area contributed by atoms with Crippen LogP contribution in [0.2, 0.25) is 0 Å². The summed E-state index contributed by atoms with van der Waals surface area (Å²) in [4.78, 5) is 0. The van der Waals surface area contributed by atoms with Crippen LogP contribution in [0.3, 0.4) is 0 Å². The summed E-state index contributed by atoms with van der Waals surface area (Å²) >= 11 is 0. The number of epoxide rings is 1. The lowest BCUT2D eigenvalue weighted by molar-refractivity contribution is 0.133. The molecule has 0 saturated carbocycles. The van der Waals surface area contributed by atoms with Crippen LogP contribution in [-0.4, -0.2) is 54.5 Å². The molecule has 1 unspecified atom stereocenters. The van der Waals surface area contributed by atoms with Crippen molar-refractivity contribution in [2.24, 2.45) is 5.92 Å². The molecule has 0 amide bonds. The first kappa shape index (κ1) is 11.5. The molecule has 82 valence electrons. The molecule has 1 aliphatic heterocycles. The summed E-state index contributed by atoms with van der Waals surface area (Å²) in [7, 11) is 0. The molecule has 1 saturated heterocycles. The van der Waals surface area contributed by atoms with Crippen LogP contribution in [0.25, 0.3) is 0 Å². The van der Waals surface area contributed by atoms with Gasteiger partial charge >= 0.3 is 0 Å². The van der Waals surface area contributed by atoms with Gasteiger partial charge in [0.2, 0.25) is 0 Å². The molecule has 5 nitrogen and oxygen atoms in total. The monoisotopic (exact) mass is 204 g/mol. The van der Waals surface area contributed by atoms with E-state index in [1.807, 2.05) is 0 Å². The SMILES string of the molecule is OCC(=CC(CO)CO)OCC1CO1. The molecule has 1 aliphatic rings. The van der Waals surface area contributed by atoms with Gasteiger partial charge < -0.3 is 24.8 Å². The van der Waals surface area contributed by atoms with Gasteiger partial charge in [-0.3, -0.25) is 0 Å². The summed E-state index contributed by atoms with van der Waals surface area (Å²) in [6, 6.07) is 0. The van der Waals surface area contributed by atoms with Crippen molar-refractivity contribution in [3.63, 3.8) is 0 Å². The number of aliphatic hydroxyl groups excluding tert-OH is 3. The molecule has 0 radical (unpaired) electrons. The minimum Gasteiger partial charge on any atom is -0.493 e. The number of aliphatic hydroxyl groups is 3. The Morgan fingerprint density at radius 3 is 2.50 bits per heavy atom. The number of ether oxygens (including phenoxy) is 2. The fourth-order valence-corrected chi connectivity index (χ4v) is 0.937. The van der Waals surface area contributed by atoms with Gasteiger partial charge in [0.25, 0.3) is 0 Å². The Labute approximate surface area is 82.6 Å². The quantitative estimate of drug-likeness (QED) is 0.361. The van der Waals surface area contributed by atoms with Crippen molar-refractivity contribution in [2.45, 2.75) is 6.10 Å². The van der Waals surface area contributed by atoms with Crippen molar-refractivity contribution in [1.82, 2.24) is 0 Å². The predicted molar refractivity (Wildman–Crippen MR) is 48.5 cm³/mol. The summed E-state index contributed by atoms with van der Waals surface area (Å²) in [5.41, 5.74) is 0. The Morgan fingerprint density at radius 2 is 2.07 bits per heavy atom. The number of rotatable bonds is 7. The predicted octanol–water partition coefficient (Wildman–Crippen LogP) is -1.12. The van der Waals surface area contributed by atoms with E-state index in [0.29, 0.717) is 19.0 Å². The van der Waals surface area contributed by atoms with E-state index in [4.69, 9.17) is 24.8 Å². The molecule has 1 fully saturated rings. The van der Waals surface area contributed by atoms with Crippen LogP contribution in [-0.2, 0) is 9.47 Å². The second-order valence-corrected chi connectivity index (χ2v) is 3.18. The van der Waals surface area contributed by atoms with E-state index >= 15 is 0 Å². The normalized spacial score (nSPS) is 21.4. The molecule has 0 spiro atoms. The molecule has 1 atom stereocenters. The molecule has 0 aromatic carbocycles. The van der Waals surface area contributed by atoms with E-state index in [2.05, 4.69) is 0 Å². The van der Waals surface area contributed by atoms with E-state index in [9.17, 15) is 0 Å². The minimum atomic E-state index is -0.378. The van der Waals surface area contributed by atoms with E-state index in [1.54, 1.807) is 0 Å². The van der Waals surface area contributed by atoms with Gasteiger partial charge in [-0.05, 0) is 6.08 Å². The van der Waals surface area contributed by atoms with Gasteiger partial charge in [-0.1, -0.05) is 0 Å². The van der Waals surface area contributed by atoms with Crippen LogP contribution >= 0.6 is 0 Å². The Morgan fingerprint density at radius 1 is 1.43 bits per heavy atom. The molecule has 0 aromatic rings. The summed E-state index contributed by atoms with van der Waals surface area (Å²) in [5, 5.41) is 26.5. The molecule has 5 heteroatoms. The third-order valence-electron chi connectivity index (χ3n) is 1.90. The van der Waals surface area contributed by atoms with Gasteiger partial charge in [0.15, 0.2) is 0 Å². The van der Waals surface area contributed by atoms with Crippen LogP contribution < -0.4 is 0 Å². The zero-order valence-corrected chi connectivity index (χ0v) is 7.93. The second-order valence-electron chi connectivity index (χ2n) is 3.18. The highest BCUT2D eigenvalue weighted by atomic mass is 16.6. The summed E-state index contributed by atoms with van der Waals surface area (Å²) in [6.45, 7) is 0.550. The van der Waals surface area contributed by atoms with Gasteiger partial charge in [0, 0.05) is 5.92 Å². The maximum Gasteiger partial charge on any atom is 0.118 e. The number of hydrogen-bond donors (Lipinski definition) is 3. The van der Waals surface area contributed by atoms with Crippen molar-refractivity contribution in [3.05, 3.63) is 11.8 Å². The zero-order valence-electron chi connectivity index (χ0n) is 7.93. The fourth-order valence-electron chi connectivity index (χ4n) is 0.937. The average molecular weight is 204 g/mol. The van der Waals surface area contributed by atoms with Gasteiger partial charge in [-0.15, -0.1) is 0 Å². The molecule has 14 heavy (non-hydrogen) atoms. The van der Waals surface area contributed by atoms with E-state index in [0.717, 1.165) is 0 Å². The lowest BCUT2D eigenvalue weighted by Gasteiger charge is -2.10. The van der Waals surface area contributed by atoms with E-state index in [1.165, 1.54) is 6.08 Å². The van der Waals surface area contributed by atoms with Crippen LogP contribution in [0.5, 0.6) is 0 Å². The zero-order chi connectivity index (χ0) is 10.4. The highest BCUT2D eigenvalue weighted by Crippen LogP contribution is 2.12. The third kappa shape index (κ3) is 4.06. The molecule has 0 aliphatic carbocycles. The largest absolute Gasteiger partial charge is 0.493 e. The summed E-state index contributed by atoms with van der Waals surface area (Å²) in [5.74, 6) is -0.00845. The van der Waals surface area contributed by atoms with Crippen molar-refractivity contribution in [2.75, 3.05) is 33.0 Å². The highest BCUT2D eigenvalue weighted by molar-refractivity contribution is 4.97. The van der Waals surface area contributed by atoms with Crippen molar-refractivity contribution < 1.29 is 24.8 Å². The minimum absolute atomic E-state index is 0.131. The van der Waals surface area contributed by atoms with Gasteiger partial charge in [-0.2, -0.15) is 0 Å². The number of hydrogen-bond acceptors (Lipinski definition) is 5. The van der Waals surface area contributed by atoms with Crippen LogP contribution in [0.15, 0.2) is 11.8 Å². The van der Waals surface area contributed by atoms with E-state index in [-0.39, 0.29) is 31.8 Å². The lowest BCUT2D eigenvalue weighted by atomic mass is 10.1. The smallest absolute Gasteiger partial charge is 0.118 e. The first-order chi connectivity index (χ1) is 6.80. The van der Waals surface area contributed by atoms with Gasteiger partial charge in [0.05, 0.1) is 19.8 Å². The molecular weight excluding hydrogens is 188 g/mol. The Balaban J connectivity index is 2.32. The maximum atomic E-state index is 8.90. The fraction of sp³-hybridized carbons (Fsp3) is 0.778. The first-order valence-corrected chi connectivity index (χ1v) is 4.57. The van der Waals surface area contributed by atoms with Crippen LogP contribution in [0.1, 0.15) is 0 Å². The Bertz CT molecular complexity index is 184. The third-order valence-corrected chi connectivity index (χ3v) is 1.90. The summed E-state index contributed by atoms with van der Waals surface area (Å²) in [6.07, 6.45) is 1.66. The topological polar surface area (TPSA) is 82.5 Å². The average Bonchev–Trinajstić information content (AvgIpc) is 3.02. The lowest BCUT2D eigenvalue weighted by Crippen LogP contribution is -2.12. The van der Waals surface area contributed by atoms with Crippen molar-refractivity contribution >= 4 is 0 Å².